The van der Waals surface area contributed by atoms with Gasteiger partial charge in [0, 0.05) is 18.2 Å². The van der Waals surface area contributed by atoms with Crippen molar-refractivity contribution in [1.82, 2.24) is 5.32 Å². The summed E-state index contributed by atoms with van der Waals surface area (Å²) >= 11 is 0. The monoisotopic (exact) mass is 526 g/mol. The Morgan fingerprint density at radius 2 is 1.64 bits per heavy atom. The van der Waals surface area contributed by atoms with Crippen molar-refractivity contribution in [2.45, 2.75) is 38.6 Å². The first-order valence-corrected chi connectivity index (χ1v) is 12.7. The van der Waals surface area contributed by atoms with E-state index in [9.17, 15) is 30.8 Å². The van der Waals surface area contributed by atoms with Crippen LogP contribution in [0.5, 0.6) is 0 Å². The molecule has 6 nitrogen and oxygen atoms in total. The third kappa shape index (κ3) is 5.62. The number of anilines is 1. The number of methoxy groups -OCH3 is 1. The highest BCUT2D eigenvalue weighted by Gasteiger charge is 2.53. The van der Waals surface area contributed by atoms with Crippen molar-refractivity contribution in [3.63, 3.8) is 0 Å². The second-order valence-electron chi connectivity index (χ2n) is 8.77. The van der Waals surface area contributed by atoms with Crippen LogP contribution in [0.2, 0.25) is 0 Å². The second-order valence-corrected chi connectivity index (χ2v) is 10.5. The number of nitrogens with one attached hydrogen (secondary N) is 2. The Morgan fingerprint density at radius 1 is 1.03 bits per heavy atom. The molecule has 194 valence electrons. The van der Waals surface area contributed by atoms with Crippen molar-refractivity contribution in [3.05, 3.63) is 76.6 Å². The topological polar surface area (TPSA) is 84.5 Å². The highest BCUT2D eigenvalue weighted by atomic mass is 32.2. The minimum Gasteiger partial charge on any atom is -0.364 e. The molecule has 2 N–H and O–H groups in total. The zero-order chi connectivity index (χ0) is 27.1. The van der Waals surface area contributed by atoms with Crippen LogP contribution in [-0.2, 0) is 20.4 Å². The summed E-state index contributed by atoms with van der Waals surface area (Å²) in [5, 5.41) is 3.72. The smallest absolute Gasteiger partial charge is 0.364 e. The lowest BCUT2D eigenvalue weighted by Gasteiger charge is -2.31. The summed E-state index contributed by atoms with van der Waals surface area (Å²) in [5.74, 6) is -1.21. The number of hydrogen-bond donors (Lipinski definition) is 2. The number of alkyl halides is 3. The van der Waals surface area contributed by atoms with E-state index in [2.05, 4.69) is 10.0 Å². The Kier molecular flexibility index (Phi) is 7.39. The molecule has 11 heteroatoms. The predicted octanol–water partition coefficient (Wildman–Crippen LogP) is 5.57. The van der Waals surface area contributed by atoms with Crippen LogP contribution in [0.15, 0.2) is 48.5 Å². The second kappa shape index (κ2) is 9.70. The molecule has 0 aromatic heterocycles. The van der Waals surface area contributed by atoms with Crippen LogP contribution in [-0.4, -0.2) is 33.9 Å². The molecule has 0 aliphatic heterocycles. The number of sulfonamides is 1. The standard InChI is InChI=1S/C25H26F4N2O4S/c1-14-10-20(21(26)13-22(14)31-36(5,33)34)15(2)30-23(32)18-7-6-17-12-19(9-8-16(17)11-18)24(3,35-4)25(27,28)29/h6-13,15,31H,1-5H3,(H,30,32)/t15?,24-/m1/s1. The van der Waals surface area contributed by atoms with Crippen molar-refractivity contribution >= 4 is 32.4 Å². The molecule has 0 heterocycles. The first-order chi connectivity index (χ1) is 16.6. The lowest BCUT2D eigenvalue weighted by Crippen LogP contribution is -2.41. The number of amides is 1. The van der Waals surface area contributed by atoms with E-state index in [0.29, 0.717) is 16.3 Å². The minimum absolute atomic E-state index is 0.0736. The van der Waals surface area contributed by atoms with E-state index in [-0.39, 0.29) is 22.4 Å². The average molecular weight is 527 g/mol. The molecule has 0 spiro atoms. The lowest BCUT2D eigenvalue weighted by molar-refractivity contribution is -0.269. The molecular formula is C25H26F4N2O4S. The maximum atomic E-state index is 14.7. The van der Waals surface area contributed by atoms with Crippen LogP contribution in [0.3, 0.4) is 0 Å². The van der Waals surface area contributed by atoms with Gasteiger partial charge in [-0.25, -0.2) is 12.8 Å². The summed E-state index contributed by atoms with van der Waals surface area (Å²) in [4.78, 5) is 12.8. The molecule has 3 aromatic carbocycles. The van der Waals surface area contributed by atoms with Gasteiger partial charge in [-0.05, 0) is 73.0 Å². The van der Waals surface area contributed by atoms with Crippen LogP contribution >= 0.6 is 0 Å². The van der Waals surface area contributed by atoms with Gasteiger partial charge in [0.15, 0.2) is 5.60 Å². The zero-order valence-corrected chi connectivity index (χ0v) is 21.1. The van der Waals surface area contributed by atoms with Gasteiger partial charge in [0.25, 0.3) is 5.91 Å². The van der Waals surface area contributed by atoms with Crippen LogP contribution in [0, 0.1) is 12.7 Å². The summed E-state index contributed by atoms with van der Waals surface area (Å²) < 4.78 is 85.2. The normalized spacial score (nSPS) is 14.8. The van der Waals surface area contributed by atoms with Gasteiger partial charge >= 0.3 is 6.18 Å². The molecule has 36 heavy (non-hydrogen) atoms. The van der Waals surface area contributed by atoms with Gasteiger partial charge < -0.3 is 10.1 Å². The molecule has 0 radical (unpaired) electrons. The Morgan fingerprint density at radius 3 is 2.22 bits per heavy atom. The molecule has 3 rings (SSSR count). The third-order valence-corrected chi connectivity index (χ3v) is 6.65. The molecule has 1 amide bonds. The predicted molar refractivity (Wildman–Crippen MR) is 130 cm³/mol. The van der Waals surface area contributed by atoms with Crippen molar-refractivity contribution in [3.8, 4) is 0 Å². The Labute approximate surface area is 206 Å². The van der Waals surface area contributed by atoms with Gasteiger partial charge in [0.2, 0.25) is 10.0 Å². The number of rotatable bonds is 7. The maximum Gasteiger partial charge on any atom is 0.421 e. The van der Waals surface area contributed by atoms with Gasteiger partial charge in [-0.1, -0.05) is 18.2 Å². The van der Waals surface area contributed by atoms with Gasteiger partial charge in [0.05, 0.1) is 18.0 Å². The molecule has 0 saturated heterocycles. The lowest BCUT2D eigenvalue weighted by atomic mass is 9.92. The van der Waals surface area contributed by atoms with E-state index in [1.165, 1.54) is 42.5 Å². The number of carbonyl (C=O) groups is 1. The van der Waals surface area contributed by atoms with Gasteiger partial charge in [-0.3, -0.25) is 9.52 Å². The van der Waals surface area contributed by atoms with Gasteiger partial charge in [-0.15, -0.1) is 0 Å². The van der Waals surface area contributed by atoms with Crippen LogP contribution in [0.4, 0.5) is 23.2 Å². The van der Waals surface area contributed by atoms with E-state index in [1.807, 2.05) is 0 Å². The van der Waals surface area contributed by atoms with E-state index in [0.717, 1.165) is 26.4 Å². The SMILES string of the molecule is CO[C@](C)(c1ccc2cc(C(=O)NC(C)c3cc(C)c(NS(C)(=O)=O)cc3F)ccc2c1)C(F)(F)F. The van der Waals surface area contributed by atoms with E-state index < -0.39 is 39.6 Å². The summed E-state index contributed by atoms with van der Waals surface area (Å²) in [7, 11) is -2.60. The maximum absolute atomic E-state index is 14.7. The van der Waals surface area contributed by atoms with Crippen molar-refractivity contribution in [1.29, 1.82) is 0 Å². The van der Waals surface area contributed by atoms with E-state index in [1.54, 1.807) is 13.8 Å². The number of fused-ring (bicyclic) bond motifs is 1. The Balaban J connectivity index is 1.84. The molecule has 3 aromatic rings. The van der Waals surface area contributed by atoms with E-state index in [4.69, 9.17) is 4.74 Å². The third-order valence-electron chi connectivity index (χ3n) is 6.06. The molecule has 0 saturated carbocycles. The number of aryl methyl sites for hydroxylation is 1. The summed E-state index contributed by atoms with van der Waals surface area (Å²) in [5.41, 5.74) is -1.59. The van der Waals surface area contributed by atoms with E-state index >= 15 is 0 Å². The quantitative estimate of drug-likeness (QED) is 0.394. The fourth-order valence-corrected chi connectivity index (χ4v) is 4.40. The first-order valence-electron chi connectivity index (χ1n) is 10.8. The Bertz CT molecular complexity index is 1420. The number of halogens is 4. The van der Waals surface area contributed by atoms with Crippen molar-refractivity contribution < 1.29 is 35.5 Å². The average Bonchev–Trinajstić information content (AvgIpc) is 2.78. The van der Waals surface area contributed by atoms with Crippen molar-refractivity contribution in [2.24, 2.45) is 0 Å². The molecule has 1 unspecified atom stereocenters. The molecule has 2 atom stereocenters. The number of carbonyl (C=O) groups excluding carboxylic acids is 1. The number of benzene rings is 3. The number of ether oxygens (including phenoxy) is 1. The molecule has 0 aliphatic carbocycles. The van der Waals surface area contributed by atoms with Gasteiger partial charge in [0.1, 0.15) is 5.82 Å². The number of hydrogen-bond acceptors (Lipinski definition) is 4. The Hall–Kier alpha value is -3.18. The largest absolute Gasteiger partial charge is 0.421 e. The summed E-state index contributed by atoms with van der Waals surface area (Å²) in [6.45, 7) is 4.13. The fraction of sp³-hybridized carbons (Fsp3) is 0.320. The highest BCUT2D eigenvalue weighted by molar-refractivity contribution is 7.92. The first kappa shape index (κ1) is 27.4. The van der Waals surface area contributed by atoms with Crippen LogP contribution < -0.4 is 10.0 Å². The molecule has 0 fully saturated rings. The highest BCUT2D eigenvalue weighted by Crippen LogP contribution is 2.42. The molecule has 0 bridgehead atoms. The molecular weight excluding hydrogens is 500 g/mol. The minimum atomic E-state index is -4.63. The molecule has 0 aliphatic rings. The summed E-state index contributed by atoms with van der Waals surface area (Å²) in [6, 6.07) is 10.4. The van der Waals surface area contributed by atoms with Crippen LogP contribution in [0.1, 0.15) is 46.9 Å². The van der Waals surface area contributed by atoms with Gasteiger partial charge in [-0.2, -0.15) is 13.2 Å². The fourth-order valence-electron chi connectivity index (χ4n) is 3.78. The zero-order valence-electron chi connectivity index (χ0n) is 20.2. The van der Waals surface area contributed by atoms with Crippen molar-refractivity contribution in [2.75, 3.05) is 18.1 Å². The van der Waals surface area contributed by atoms with Crippen LogP contribution in [0.25, 0.3) is 10.8 Å². The summed E-state index contributed by atoms with van der Waals surface area (Å²) in [6.07, 6.45) is -3.67.